The zero-order valence-corrected chi connectivity index (χ0v) is 12.7. The number of sulfone groups is 1. The predicted octanol–water partition coefficient (Wildman–Crippen LogP) is 2.13. The topological polar surface area (TPSA) is 46.2 Å². The Balaban J connectivity index is 2.67. The van der Waals surface area contributed by atoms with E-state index in [0.29, 0.717) is 6.54 Å². The van der Waals surface area contributed by atoms with Crippen LogP contribution in [0.5, 0.6) is 0 Å². The molecule has 0 amide bonds. The fourth-order valence-electron chi connectivity index (χ4n) is 2.01. The lowest BCUT2D eigenvalue weighted by molar-refractivity contribution is 0.559. The first kappa shape index (κ1) is 15.2. The van der Waals surface area contributed by atoms with Crippen molar-refractivity contribution in [2.24, 2.45) is 0 Å². The van der Waals surface area contributed by atoms with Crippen molar-refractivity contribution < 1.29 is 8.42 Å². The van der Waals surface area contributed by atoms with Crippen LogP contribution in [0.15, 0.2) is 12.1 Å². The molecule has 0 saturated carbocycles. The Morgan fingerprint density at radius 1 is 1.11 bits per heavy atom. The highest BCUT2D eigenvalue weighted by atomic mass is 32.2. The van der Waals surface area contributed by atoms with Crippen LogP contribution in [0.1, 0.15) is 29.2 Å². The second-order valence-corrected chi connectivity index (χ2v) is 7.42. The van der Waals surface area contributed by atoms with Crippen LogP contribution in [0, 0.1) is 20.8 Å². The molecular formula is C14H23NO2S. The Morgan fingerprint density at radius 3 is 2.22 bits per heavy atom. The summed E-state index contributed by atoms with van der Waals surface area (Å²) in [6, 6.07) is 4.32. The molecule has 1 rings (SSSR count). The van der Waals surface area contributed by atoms with Crippen molar-refractivity contribution in [1.82, 2.24) is 5.32 Å². The zero-order valence-electron chi connectivity index (χ0n) is 11.9. The van der Waals surface area contributed by atoms with Gasteiger partial charge in [0.05, 0.1) is 5.75 Å². The van der Waals surface area contributed by atoms with Gasteiger partial charge in [0.25, 0.3) is 0 Å². The summed E-state index contributed by atoms with van der Waals surface area (Å²) in [5, 5.41) is 3.26. The molecule has 0 bridgehead atoms. The molecule has 1 aromatic rings. The van der Waals surface area contributed by atoms with Gasteiger partial charge in [-0.3, -0.25) is 0 Å². The largest absolute Gasteiger partial charge is 0.309 e. The van der Waals surface area contributed by atoms with Crippen molar-refractivity contribution in [3.63, 3.8) is 0 Å². The molecule has 0 heterocycles. The van der Waals surface area contributed by atoms with E-state index in [1.165, 1.54) is 28.5 Å². The molecule has 0 radical (unpaired) electrons. The highest BCUT2D eigenvalue weighted by molar-refractivity contribution is 7.90. The molecule has 102 valence electrons. The Morgan fingerprint density at radius 2 is 1.67 bits per heavy atom. The summed E-state index contributed by atoms with van der Waals surface area (Å²) in [6.07, 6.45) is 1.27. The molecule has 4 heteroatoms. The van der Waals surface area contributed by atoms with Crippen molar-refractivity contribution in [3.8, 4) is 0 Å². The SMILES string of the molecule is Cc1cc(C)c(CNC(C)CS(C)(=O)=O)cc1C. The first-order valence-electron chi connectivity index (χ1n) is 6.17. The minimum atomic E-state index is -2.92. The fraction of sp³-hybridized carbons (Fsp3) is 0.571. The van der Waals surface area contributed by atoms with E-state index in [-0.39, 0.29) is 11.8 Å². The summed E-state index contributed by atoms with van der Waals surface area (Å²) in [4.78, 5) is 0. The van der Waals surface area contributed by atoms with Gasteiger partial charge in [0.15, 0.2) is 0 Å². The number of rotatable bonds is 5. The van der Waals surface area contributed by atoms with E-state index in [4.69, 9.17) is 0 Å². The number of hydrogen-bond donors (Lipinski definition) is 1. The molecule has 1 atom stereocenters. The van der Waals surface area contributed by atoms with Crippen LogP contribution in [0.3, 0.4) is 0 Å². The molecule has 0 saturated heterocycles. The average Bonchev–Trinajstić information content (AvgIpc) is 2.19. The molecule has 0 fully saturated rings. The lowest BCUT2D eigenvalue weighted by Gasteiger charge is -2.15. The van der Waals surface area contributed by atoms with Crippen molar-refractivity contribution in [3.05, 3.63) is 34.4 Å². The third-order valence-corrected chi connectivity index (χ3v) is 4.25. The van der Waals surface area contributed by atoms with Gasteiger partial charge in [-0.2, -0.15) is 0 Å². The van der Waals surface area contributed by atoms with E-state index in [0.717, 1.165) is 0 Å². The maximum Gasteiger partial charge on any atom is 0.148 e. The molecule has 0 aliphatic heterocycles. The minimum Gasteiger partial charge on any atom is -0.309 e. The van der Waals surface area contributed by atoms with Crippen LogP contribution in [0.4, 0.5) is 0 Å². The molecule has 0 aliphatic carbocycles. The van der Waals surface area contributed by atoms with Crippen LogP contribution in [-0.4, -0.2) is 26.5 Å². The van der Waals surface area contributed by atoms with Crippen molar-refractivity contribution in [1.29, 1.82) is 0 Å². The zero-order chi connectivity index (χ0) is 13.9. The van der Waals surface area contributed by atoms with Crippen molar-refractivity contribution >= 4 is 9.84 Å². The van der Waals surface area contributed by atoms with Gasteiger partial charge in [-0.25, -0.2) is 8.42 Å². The Bertz CT molecular complexity index is 521. The minimum absolute atomic E-state index is 0.0268. The van der Waals surface area contributed by atoms with E-state index in [1.807, 2.05) is 6.92 Å². The lowest BCUT2D eigenvalue weighted by atomic mass is 10.0. The molecule has 18 heavy (non-hydrogen) atoms. The van der Waals surface area contributed by atoms with E-state index in [9.17, 15) is 8.42 Å². The third kappa shape index (κ3) is 4.78. The summed E-state index contributed by atoms with van der Waals surface area (Å²) >= 11 is 0. The quantitative estimate of drug-likeness (QED) is 0.891. The maximum atomic E-state index is 11.2. The normalized spacial score (nSPS) is 13.6. The highest BCUT2D eigenvalue weighted by Gasteiger charge is 2.10. The third-order valence-electron chi connectivity index (χ3n) is 3.15. The number of aryl methyl sites for hydroxylation is 3. The first-order valence-corrected chi connectivity index (χ1v) is 8.23. The van der Waals surface area contributed by atoms with Gasteiger partial charge in [0.2, 0.25) is 0 Å². The van der Waals surface area contributed by atoms with Crippen molar-refractivity contribution in [2.75, 3.05) is 12.0 Å². The van der Waals surface area contributed by atoms with Crippen LogP contribution < -0.4 is 5.32 Å². The Kier molecular flexibility index (Phi) is 4.93. The summed E-state index contributed by atoms with van der Waals surface area (Å²) in [5.74, 6) is 0.177. The molecule has 1 unspecified atom stereocenters. The van der Waals surface area contributed by atoms with Gasteiger partial charge in [0.1, 0.15) is 9.84 Å². The van der Waals surface area contributed by atoms with Gasteiger partial charge in [-0.15, -0.1) is 0 Å². The maximum absolute atomic E-state index is 11.2. The summed E-state index contributed by atoms with van der Waals surface area (Å²) in [7, 11) is -2.92. The lowest BCUT2D eigenvalue weighted by Crippen LogP contribution is -2.32. The van der Waals surface area contributed by atoms with Gasteiger partial charge in [-0.05, 0) is 49.9 Å². The van der Waals surface area contributed by atoms with E-state index < -0.39 is 9.84 Å². The smallest absolute Gasteiger partial charge is 0.148 e. The molecule has 1 N–H and O–H groups in total. The summed E-state index contributed by atoms with van der Waals surface area (Å²) in [6.45, 7) is 8.90. The van der Waals surface area contributed by atoms with Crippen LogP contribution >= 0.6 is 0 Å². The van der Waals surface area contributed by atoms with Gasteiger partial charge < -0.3 is 5.32 Å². The average molecular weight is 269 g/mol. The Labute approximate surface area is 111 Å². The van der Waals surface area contributed by atoms with Gasteiger partial charge >= 0.3 is 0 Å². The van der Waals surface area contributed by atoms with E-state index in [1.54, 1.807) is 0 Å². The number of benzene rings is 1. The van der Waals surface area contributed by atoms with Crippen molar-refractivity contribution in [2.45, 2.75) is 40.3 Å². The monoisotopic (exact) mass is 269 g/mol. The number of hydrogen-bond acceptors (Lipinski definition) is 3. The summed E-state index contributed by atoms with van der Waals surface area (Å²) in [5.41, 5.74) is 5.05. The molecule has 0 aromatic heterocycles. The molecular weight excluding hydrogens is 246 g/mol. The fourth-order valence-corrected chi connectivity index (χ4v) is 3.03. The second-order valence-electron chi connectivity index (χ2n) is 5.24. The van der Waals surface area contributed by atoms with E-state index >= 15 is 0 Å². The molecule has 0 aliphatic rings. The van der Waals surface area contributed by atoms with E-state index in [2.05, 4.69) is 38.2 Å². The molecule has 3 nitrogen and oxygen atoms in total. The van der Waals surface area contributed by atoms with Crippen LogP contribution in [0.2, 0.25) is 0 Å². The van der Waals surface area contributed by atoms with Crippen LogP contribution in [0.25, 0.3) is 0 Å². The second kappa shape index (κ2) is 5.85. The molecule has 1 aromatic carbocycles. The van der Waals surface area contributed by atoms with Gasteiger partial charge in [0, 0.05) is 18.8 Å². The highest BCUT2D eigenvalue weighted by Crippen LogP contribution is 2.15. The first-order chi connectivity index (χ1) is 8.19. The standard InChI is InChI=1S/C14H23NO2S/c1-10-6-12(3)14(7-11(10)2)8-15-13(4)9-18(5,16)17/h6-7,13,15H,8-9H2,1-5H3. The Hall–Kier alpha value is -0.870. The summed E-state index contributed by atoms with van der Waals surface area (Å²) < 4.78 is 22.4. The molecule has 0 spiro atoms. The van der Waals surface area contributed by atoms with Gasteiger partial charge in [-0.1, -0.05) is 12.1 Å². The number of nitrogens with one attached hydrogen (secondary N) is 1. The van der Waals surface area contributed by atoms with Crippen LogP contribution in [-0.2, 0) is 16.4 Å². The predicted molar refractivity (Wildman–Crippen MR) is 76.7 cm³/mol.